The van der Waals surface area contributed by atoms with Crippen LogP contribution in [0.3, 0.4) is 0 Å². The van der Waals surface area contributed by atoms with Crippen LogP contribution in [0.5, 0.6) is 0 Å². The minimum atomic E-state index is -3.57. The lowest BCUT2D eigenvalue weighted by atomic mass is 10.4. The molecule has 0 aromatic rings. The first-order chi connectivity index (χ1) is 8.87. The van der Waals surface area contributed by atoms with Crippen molar-refractivity contribution in [1.82, 2.24) is 15.4 Å². The molecule has 0 spiro atoms. The summed E-state index contributed by atoms with van der Waals surface area (Å²) >= 11 is 0. The topological polar surface area (TPSA) is 121 Å². The maximum atomic E-state index is 11.8. The SMILES string of the molecule is O=CNCCNCCNS(=O)(=O)[C@H]1CCS(=O)(=O)C1. The van der Waals surface area contributed by atoms with Crippen molar-refractivity contribution in [2.24, 2.45) is 0 Å². The van der Waals surface area contributed by atoms with Gasteiger partial charge in [-0.05, 0) is 6.42 Å². The third-order valence-electron chi connectivity index (χ3n) is 2.76. The van der Waals surface area contributed by atoms with Crippen molar-refractivity contribution in [3.63, 3.8) is 0 Å². The Kier molecular flexibility index (Phi) is 6.17. The van der Waals surface area contributed by atoms with Gasteiger partial charge in [-0.1, -0.05) is 0 Å². The molecule has 1 amide bonds. The summed E-state index contributed by atoms with van der Waals surface area (Å²) in [6.07, 6.45) is 0.749. The highest BCUT2D eigenvalue weighted by molar-refractivity contribution is 7.95. The van der Waals surface area contributed by atoms with Crippen LogP contribution in [0.1, 0.15) is 6.42 Å². The van der Waals surface area contributed by atoms with Crippen LogP contribution < -0.4 is 15.4 Å². The molecule has 1 aliphatic heterocycles. The first-order valence-electron chi connectivity index (χ1n) is 5.94. The van der Waals surface area contributed by atoms with E-state index in [9.17, 15) is 21.6 Å². The molecule has 0 aliphatic carbocycles. The van der Waals surface area contributed by atoms with Crippen LogP contribution in [-0.4, -0.2) is 66.2 Å². The molecule has 0 unspecified atom stereocenters. The molecule has 0 aromatic carbocycles. The molecule has 0 aromatic heterocycles. The minimum absolute atomic E-state index is 0.0613. The molecule has 0 saturated carbocycles. The summed E-state index contributed by atoms with van der Waals surface area (Å²) in [4.78, 5) is 9.95. The van der Waals surface area contributed by atoms with Crippen LogP contribution in [0.2, 0.25) is 0 Å². The van der Waals surface area contributed by atoms with Crippen LogP contribution in [0.4, 0.5) is 0 Å². The Bertz CT molecular complexity index is 488. The van der Waals surface area contributed by atoms with Crippen molar-refractivity contribution in [3.8, 4) is 0 Å². The maximum Gasteiger partial charge on any atom is 0.215 e. The van der Waals surface area contributed by atoms with Gasteiger partial charge in [-0.15, -0.1) is 0 Å². The lowest BCUT2D eigenvalue weighted by molar-refractivity contribution is -0.109. The standard InChI is InChI=1S/C9H19N3O5S2/c13-8-11-3-2-10-4-5-12-19(16,17)9-1-6-18(14,15)7-9/h8-10,12H,1-7H2,(H,11,13)/t9-/m0/s1. The highest BCUT2D eigenvalue weighted by Gasteiger charge is 2.36. The van der Waals surface area contributed by atoms with Gasteiger partial charge in [0.25, 0.3) is 0 Å². The Labute approximate surface area is 113 Å². The Balaban J connectivity index is 2.23. The fraction of sp³-hybridized carbons (Fsp3) is 0.889. The van der Waals surface area contributed by atoms with Crippen LogP contribution in [-0.2, 0) is 24.7 Å². The average Bonchev–Trinajstić information content (AvgIpc) is 2.69. The van der Waals surface area contributed by atoms with E-state index in [1.165, 1.54) is 0 Å². The Hall–Kier alpha value is -0.710. The van der Waals surface area contributed by atoms with Gasteiger partial charge < -0.3 is 10.6 Å². The first-order valence-corrected chi connectivity index (χ1v) is 9.31. The summed E-state index contributed by atoms with van der Waals surface area (Å²) in [5.41, 5.74) is 0. The first kappa shape index (κ1) is 16.3. The molecule has 1 rings (SSSR count). The minimum Gasteiger partial charge on any atom is -0.357 e. The Morgan fingerprint density at radius 2 is 1.84 bits per heavy atom. The van der Waals surface area contributed by atoms with E-state index >= 15 is 0 Å². The van der Waals surface area contributed by atoms with E-state index < -0.39 is 25.1 Å². The van der Waals surface area contributed by atoms with E-state index in [0.717, 1.165) is 0 Å². The lowest BCUT2D eigenvalue weighted by Gasteiger charge is -2.11. The van der Waals surface area contributed by atoms with Crippen LogP contribution >= 0.6 is 0 Å². The third kappa shape index (κ3) is 5.85. The van der Waals surface area contributed by atoms with Gasteiger partial charge in [0.05, 0.1) is 16.8 Å². The molecule has 19 heavy (non-hydrogen) atoms. The quantitative estimate of drug-likeness (QED) is 0.318. The molecule has 3 N–H and O–H groups in total. The van der Waals surface area contributed by atoms with Crippen LogP contribution in [0.25, 0.3) is 0 Å². The number of amides is 1. The molecule has 0 radical (unpaired) electrons. The van der Waals surface area contributed by atoms with E-state index in [1.807, 2.05) is 0 Å². The number of sulfone groups is 1. The summed E-state index contributed by atoms with van der Waals surface area (Å²) in [6, 6.07) is 0. The van der Waals surface area contributed by atoms with Crippen molar-refractivity contribution in [2.45, 2.75) is 11.7 Å². The highest BCUT2D eigenvalue weighted by Crippen LogP contribution is 2.17. The van der Waals surface area contributed by atoms with Gasteiger partial charge in [-0.3, -0.25) is 4.79 Å². The molecular weight excluding hydrogens is 294 g/mol. The smallest absolute Gasteiger partial charge is 0.215 e. The number of nitrogens with one attached hydrogen (secondary N) is 3. The largest absolute Gasteiger partial charge is 0.357 e. The van der Waals surface area contributed by atoms with Gasteiger partial charge >= 0.3 is 0 Å². The second-order valence-electron chi connectivity index (χ2n) is 4.29. The van der Waals surface area contributed by atoms with Gasteiger partial charge in [0, 0.05) is 26.2 Å². The van der Waals surface area contributed by atoms with Crippen molar-refractivity contribution >= 4 is 26.3 Å². The number of carbonyl (C=O) groups excluding carboxylic acids is 1. The summed E-state index contributed by atoms with van der Waals surface area (Å²) < 4.78 is 48.4. The highest BCUT2D eigenvalue weighted by atomic mass is 32.2. The van der Waals surface area contributed by atoms with Gasteiger partial charge in [-0.25, -0.2) is 21.6 Å². The summed E-state index contributed by atoms with van der Waals surface area (Å²) in [5.74, 6) is -0.354. The molecule has 8 nitrogen and oxygen atoms in total. The Morgan fingerprint density at radius 1 is 1.16 bits per heavy atom. The monoisotopic (exact) mass is 313 g/mol. The number of hydrogen-bond acceptors (Lipinski definition) is 6. The van der Waals surface area contributed by atoms with Gasteiger partial charge in [0.2, 0.25) is 16.4 Å². The molecule has 1 saturated heterocycles. The summed E-state index contributed by atoms with van der Waals surface area (Å²) in [5, 5.41) is 4.56. The maximum absolute atomic E-state index is 11.8. The van der Waals surface area contributed by atoms with Crippen molar-refractivity contribution < 1.29 is 21.6 Å². The summed E-state index contributed by atoms with van der Waals surface area (Å²) in [7, 11) is -6.77. The average molecular weight is 313 g/mol. The molecule has 1 fully saturated rings. The predicted molar refractivity (Wildman–Crippen MR) is 70.9 cm³/mol. The molecular formula is C9H19N3O5S2. The zero-order valence-electron chi connectivity index (χ0n) is 10.5. The van der Waals surface area contributed by atoms with E-state index in [4.69, 9.17) is 0 Å². The molecule has 1 atom stereocenters. The van der Waals surface area contributed by atoms with Crippen molar-refractivity contribution in [3.05, 3.63) is 0 Å². The Morgan fingerprint density at radius 3 is 2.42 bits per heavy atom. The van der Waals surface area contributed by atoms with Crippen molar-refractivity contribution in [1.29, 1.82) is 0 Å². The molecule has 1 heterocycles. The fourth-order valence-corrected chi connectivity index (χ4v) is 5.83. The molecule has 1 aliphatic rings. The number of carbonyl (C=O) groups is 1. The van der Waals surface area contributed by atoms with E-state index in [1.54, 1.807) is 0 Å². The zero-order valence-corrected chi connectivity index (χ0v) is 12.1. The second-order valence-corrected chi connectivity index (χ2v) is 8.56. The number of rotatable bonds is 9. The summed E-state index contributed by atoms with van der Waals surface area (Å²) in [6.45, 7) is 1.62. The third-order valence-corrected chi connectivity index (χ3v) is 6.63. The zero-order chi connectivity index (χ0) is 14.4. The van der Waals surface area contributed by atoms with Crippen LogP contribution in [0, 0.1) is 0 Å². The van der Waals surface area contributed by atoms with Gasteiger partial charge in [-0.2, -0.15) is 0 Å². The van der Waals surface area contributed by atoms with E-state index in [-0.39, 0.29) is 24.5 Å². The second kappa shape index (κ2) is 7.17. The van der Waals surface area contributed by atoms with E-state index in [2.05, 4.69) is 15.4 Å². The normalized spacial score (nSPS) is 22.2. The lowest BCUT2D eigenvalue weighted by Crippen LogP contribution is -2.39. The van der Waals surface area contributed by atoms with E-state index in [0.29, 0.717) is 26.0 Å². The number of hydrogen-bond donors (Lipinski definition) is 3. The van der Waals surface area contributed by atoms with Crippen LogP contribution in [0.15, 0.2) is 0 Å². The molecule has 112 valence electrons. The van der Waals surface area contributed by atoms with Gasteiger partial charge in [0.1, 0.15) is 0 Å². The predicted octanol–water partition coefficient (Wildman–Crippen LogP) is -2.57. The molecule has 10 heteroatoms. The van der Waals surface area contributed by atoms with Gasteiger partial charge in [0.15, 0.2) is 9.84 Å². The van der Waals surface area contributed by atoms with Crippen molar-refractivity contribution in [2.75, 3.05) is 37.7 Å². The molecule has 0 bridgehead atoms. The number of sulfonamides is 1. The fourth-order valence-electron chi connectivity index (χ4n) is 1.75.